The Kier molecular flexibility index (Phi) is 4.83. The van der Waals surface area contributed by atoms with Crippen molar-refractivity contribution in [3.8, 4) is 22.8 Å². The van der Waals surface area contributed by atoms with Gasteiger partial charge < -0.3 is 19.3 Å². The van der Waals surface area contributed by atoms with E-state index in [2.05, 4.69) is 28.9 Å². The van der Waals surface area contributed by atoms with Crippen molar-refractivity contribution in [2.75, 3.05) is 37.9 Å². The Hall–Kier alpha value is -2.83. The highest BCUT2D eigenvalue weighted by Crippen LogP contribution is 2.35. The topological polar surface area (TPSA) is 67.8 Å². The van der Waals surface area contributed by atoms with Gasteiger partial charge in [0, 0.05) is 38.2 Å². The Labute approximate surface area is 158 Å². The number of amides is 1. The van der Waals surface area contributed by atoms with Gasteiger partial charge in [-0.1, -0.05) is 13.8 Å². The Bertz CT molecular complexity index is 814. The molecule has 0 aliphatic carbocycles. The Balaban J connectivity index is 1.39. The van der Waals surface area contributed by atoms with Crippen LogP contribution >= 0.6 is 0 Å². The number of benzene rings is 1. The third kappa shape index (κ3) is 3.82. The van der Waals surface area contributed by atoms with Gasteiger partial charge in [-0.05, 0) is 36.2 Å². The maximum absolute atomic E-state index is 12.2. The smallest absolute Gasteiger partial charge is 0.231 e. The van der Waals surface area contributed by atoms with Crippen molar-refractivity contribution in [1.29, 1.82) is 0 Å². The van der Waals surface area contributed by atoms with Crippen LogP contribution in [-0.2, 0) is 4.79 Å². The van der Waals surface area contributed by atoms with Crippen LogP contribution in [0.3, 0.4) is 0 Å². The van der Waals surface area contributed by atoms with E-state index in [9.17, 15) is 4.79 Å². The summed E-state index contributed by atoms with van der Waals surface area (Å²) >= 11 is 0. The van der Waals surface area contributed by atoms with Gasteiger partial charge in [0.25, 0.3) is 0 Å². The van der Waals surface area contributed by atoms with Gasteiger partial charge in [-0.15, -0.1) is 10.2 Å². The number of ether oxygens (including phenoxy) is 2. The highest BCUT2D eigenvalue weighted by Gasteiger charge is 2.22. The minimum Gasteiger partial charge on any atom is -0.454 e. The SMILES string of the molecule is CC(C)CC(=O)N1CCN(c2ccc(-c3ccc4c(c3)OCO4)nn2)CC1. The fourth-order valence-electron chi connectivity index (χ4n) is 3.37. The highest BCUT2D eigenvalue weighted by molar-refractivity contribution is 5.76. The number of carbonyl (C=O) groups excluding carboxylic acids is 1. The monoisotopic (exact) mass is 368 g/mol. The van der Waals surface area contributed by atoms with Crippen molar-refractivity contribution in [2.45, 2.75) is 20.3 Å². The molecule has 27 heavy (non-hydrogen) atoms. The molecule has 0 atom stereocenters. The lowest BCUT2D eigenvalue weighted by atomic mass is 10.1. The van der Waals surface area contributed by atoms with E-state index in [1.54, 1.807) is 0 Å². The third-order valence-corrected chi connectivity index (χ3v) is 4.86. The van der Waals surface area contributed by atoms with E-state index in [1.807, 2.05) is 35.2 Å². The lowest BCUT2D eigenvalue weighted by Gasteiger charge is -2.35. The van der Waals surface area contributed by atoms with Crippen molar-refractivity contribution in [3.63, 3.8) is 0 Å². The Morgan fingerprint density at radius 3 is 2.52 bits per heavy atom. The van der Waals surface area contributed by atoms with Gasteiger partial charge in [0.05, 0.1) is 5.69 Å². The summed E-state index contributed by atoms with van der Waals surface area (Å²) in [5, 5.41) is 8.77. The number of rotatable bonds is 4. The zero-order valence-electron chi connectivity index (χ0n) is 15.7. The summed E-state index contributed by atoms with van der Waals surface area (Å²) in [6.07, 6.45) is 0.615. The van der Waals surface area contributed by atoms with Crippen LogP contribution < -0.4 is 14.4 Å². The van der Waals surface area contributed by atoms with E-state index in [1.165, 1.54) is 0 Å². The molecule has 1 saturated heterocycles. The number of nitrogens with zero attached hydrogens (tertiary/aromatic N) is 4. The lowest BCUT2D eigenvalue weighted by Crippen LogP contribution is -2.49. The molecule has 7 heteroatoms. The Morgan fingerprint density at radius 2 is 1.81 bits per heavy atom. The minimum atomic E-state index is 0.244. The molecule has 0 bridgehead atoms. The first kappa shape index (κ1) is 17.6. The van der Waals surface area contributed by atoms with E-state index < -0.39 is 0 Å². The summed E-state index contributed by atoms with van der Waals surface area (Å²) in [4.78, 5) is 16.3. The number of anilines is 1. The molecular weight excluding hydrogens is 344 g/mol. The van der Waals surface area contributed by atoms with Gasteiger partial charge in [-0.2, -0.15) is 0 Å². The van der Waals surface area contributed by atoms with Crippen molar-refractivity contribution in [1.82, 2.24) is 15.1 Å². The van der Waals surface area contributed by atoms with Crippen LogP contribution in [0.5, 0.6) is 11.5 Å². The molecule has 2 aliphatic rings. The van der Waals surface area contributed by atoms with E-state index in [-0.39, 0.29) is 12.7 Å². The first-order chi connectivity index (χ1) is 13.1. The Morgan fingerprint density at radius 1 is 1.04 bits per heavy atom. The second-order valence-corrected chi connectivity index (χ2v) is 7.31. The van der Waals surface area contributed by atoms with Gasteiger partial charge in [0.2, 0.25) is 12.7 Å². The molecule has 0 N–H and O–H groups in total. The van der Waals surface area contributed by atoms with Gasteiger partial charge in [0.1, 0.15) is 0 Å². The molecule has 7 nitrogen and oxygen atoms in total. The van der Waals surface area contributed by atoms with Crippen molar-refractivity contribution in [2.24, 2.45) is 5.92 Å². The average Bonchev–Trinajstić information content (AvgIpc) is 3.15. The molecule has 1 aromatic carbocycles. The van der Waals surface area contributed by atoms with Crippen molar-refractivity contribution in [3.05, 3.63) is 30.3 Å². The molecule has 1 fully saturated rings. The second kappa shape index (κ2) is 7.42. The minimum absolute atomic E-state index is 0.244. The standard InChI is InChI=1S/C20H24N4O3/c1-14(2)11-20(25)24-9-7-23(8-10-24)19-6-4-16(21-22-19)15-3-5-17-18(12-15)27-13-26-17/h3-6,12,14H,7-11,13H2,1-2H3. The fourth-order valence-corrected chi connectivity index (χ4v) is 3.37. The van der Waals surface area contributed by atoms with Gasteiger partial charge in [-0.25, -0.2) is 0 Å². The molecular formula is C20H24N4O3. The first-order valence-electron chi connectivity index (χ1n) is 9.36. The molecule has 3 heterocycles. The summed E-state index contributed by atoms with van der Waals surface area (Å²) in [5.74, 6) is 2.98. The molecule has 0 unspecified atom stereocenters. The molecule has 1 aromatic heterocycles. The van der Waals surface area contributed by atoms with Crippen LogP contribution in [0, 0.1) is 5.92 Å². The van der Waals surface area contributed by atoms with Crippen LogP contribution in [0.1, 0.15) is 20.3 Å². The zero-order chi connectivity index (χ0) is 18.8. The van der Waals surface area contributed by atoms with Crippen LogP contribution in [-0.4, -0.2) is 54.0 Å². The largest absolute Gasteiger partial charge is 0.454 e. The third-order valence-electron chi connectivity index (χ3n) is 4.86. The number of aromatic nitrogens is 2. The molecule has 2 aliphatic heterocycles. The van der Waals surface area contributed by atoms with Gasteiger partial charge in [0.15, 0.2) is 17.3 Å². The highest BCUT2D eigenvalue weighted by atomic mass is 16.7. The van der Waals surface area contributed by atoms with Crippen molar-refractivity contribution >= 4 is 11.7 Å². The molecule has 0 spiro atoms. The molecule has 4 rings (SSSR count). The maximum Gasteiger partial charge on any atom is 0.231 e. The van der Waals surface area contributed by atoms with Crippen LogP contribution in [0.15, 0.2) is 30.3 Å². The number of piperazine rings is 1. The molecule has 142 valence electrons. The average molecular weight is 368 g/mol. The fraction of sp³-hybridized carbons (Fsp3) is 0.450. The molecule has 0 saturated carbocycles. The zero-order valence-corrected chi connectivity index (χ0v) is 15.7. The van der Waals surface area contributed by atoms with E-state index in [0.29, 0.717) is 12.3 Å². The van der Waals surface area contributed by atoms with E-state index >= 15 is 0 Å². The summed E-state index contributed by atoms with van der Waals surface area (Å²) in [5.41, 5.74) is 1.74. The van der Waals surface area contributed by atoms with Gasteiger partial charge in [-0.3, -0.25) is 4.79 Å². The number of carbonyl (C=O) groups is 1. The number of fused-ring (bicyclic) bond motifs is 1. The van der Waals surface area contributed by atoms with Crippen LogP contribution in [0.4, 0.5) is 5.82 Å². The predicted octanol–water partition coefficient (Wildman–Crippen LogP) is 2.57. The lowest BCUT2D eigenvalue weighted by molar-refractivity contribution is -0.132. The van der Waals surface area contributed by atoms with E-state index in [0.717, 1.165) is 54.8 Å². The summed E-state index contributed by atoms with van der Waals surface area (Å²) in [6, 6.07) is 9.72. The summed E-state index contributed by atoms with van der Waals surface area (Å²) in [6.45, 7) is 7.43. The van der Waals surface area contributed by atoms with Crippen molar-refractivity contribution < 1.29 is 14.3 Å². The summed E-state index contributed by atoms with van der Waals surface area (Å²) in [7, 11) is 0. The van der Waals surface area contributed by atoms with E-state index in [4.69, 9.17) is 9.47 Å². The van der Waals surface area contributed by atoms with Crippen LogP contribution in [0.2, 0.25) is 0 Å². The number of hydrogen-bond donors (Lipinski definition) is 0. The van der Waals surface area contributed by atoms with Crippen LogP contribution in [0.25, 0.3) is 11.3 Å². The normalized spacial score (nSPS) is 16.1. The molecule has 0 radical (unpaired) electrons. The summed E-state index contributed by atoms with van der Waals surface area (Å²) < 4.78 is 10.8. The number of hydrogen-bond acceptors (Lipinski definition) is 6. The second-order valence-electron chi connectivity index (χ2n) is 7.31. The first-order valence-corrected chi connectivity index (χ1v) is 9.36. The quantitative estimate of drug-likeness (QED) is 0.826. The maximum atomic E-state index is 12.2. The molecule has 1 amide bonds. The molecule has 2 aromatic rings. The predicted molar refractivity (Wildman–Crippen MR) is 102 cm³/mol. The van der Waals surface area contributed by atoms with Gasteiger partial charge >= 0.3 is 0 Å².